The van der Waals surface area contributed by atoms with Gasteiger partial charge in [0.2, 0.25) is 0 Å². The molecule has 1 aliphatic rings. The molecule has 1 heterocycles. The van der Waals surface area contributed by atoms with Crippen molar-refractivity contribution < 1.29 is 0 Å². The van der Waals surface area contributed by atoms with Gasteiger partial charge in [0.1, 0.15) is 5.82 Å². The number of aromatic amines is 1. The van der Waals surface area contributed by atoms with Crippen molar-refractivity contribution in [2.75, 3.05) is 0 Å². The Labute approximate surface area is 115 Å². The molecule has 0 radical (unpaired) electrons. The highest BCUT2D eigenvalue weighted by atomic mass is 79.9. The van der Waals surface area contributed by atoms with Crippen LogP contribution < -0.4 is 5.32 Å². The molecule has 0 spiro atoms. The van der Waals surface area contributed by atoms with Crippen LogP contribution in [0.25, 0.3) is 0 Å². The van der Waals surface area contributed by atoms with Crippen LogP contribution in [0.5, 0.6) is 0 Å². The summed E-state index contributed by atoms with van der Waals surface area (Å²) in [6.07, 6.45) is 5.42. The molecule has 3 nitrogen and oxygen atoms in total. The van der Waals surface area contributed by atoms with E-state index in [1.165, 1.54) is 24.1 Å². The van der Waals surface area contributed by atoms with E-state index in [9.17, 15) is 0 Å². The van der Waals surface area contributed by atoms with E-state index < -0.39 is 0 Å². The first kappa shape index (κ1) is 11.9. The lowest BCUT2D eigenvalue weighted by Crippen LogP contribution is -2.15. The van der Waals surface area contributed by atoms with Crippen molar-refractivity contribution in [3.63, 3.8) is 0 Å². The van der Waals surface area contributed by atoms with Gasteiger partial charge in [0.25, 0.3) is 0 Å². The zero-order valence-corrected chi connectivity index (χ0v) is 11.7. The average molecular weight is 306 g/mol. The number of nitrogens with zero attached hydrogens (tertiary/aromatic N) is 1. The molecular formula is C14H16BrN3. The van der Waals surface area contributed by atoms with Gasteiger partial charge in [0.15, 0.2) is 0 Å². The molecule has 0 atom stereocenters. The topological polar surface area (TPSA) is 40.7 Å². The first-order valence-corrected chi connectivity index (χ1v) is 7.09. The Balaban J connectivity index is 1.61. The number of benzene rings is 1. The van der Waals surface area contributed by atoms with Gasteiger partial charge in [0.05, 0.1) is 0 Å². The third-order valence-electron chi connectivity index (χ3n) is 3.10. The van der Waals surface area contributed by atoms with Crippen molar-refractivity contribution in [2.24, 2.45) is 0 Å². The lowest BCUT2D eigenvalue weighted by molar-refractivity contribution is 0.676. The minimum absolute atomic E-state index is 0.738. The number of nitrogens with one attached hydrogen (secondary N) is 2. The van der Waals surface area contributed by atoms with Crippen LogP contribution in [0.4, 0.5) is 0 Å². The summed E-state index contributed by atoms with van der Waals surface area (Å²) in [7, 11) is 0. The largest absolute Gasteiger partial charge is 0.345 e. The maximum Gasteiger partial charge on any atom is 0.110 e. The van der Waals surface area contributed by atoms with E-state index in [1.54, 1.807) is 0 Å². The normalized spacial score (nSPS) is 14.9. The lowest BCUT2D eigenvalue weighted by Gasteiger charge is -2.00. The van der Waals surface area contributed by atoms with Gasteiger partial charge < -0.3 is 10.3 Å². The monoisotopic (exact) mass is 305 g/mol. The Bertz CT molecular complexity index is 531. The van der Waals surface area contributed by atoms with E-state index >= 15 is 0 Å². The van der Waals surface area contributed by atoms with Crippen LogP contribution in [-0.2, 0) is 13.0 Å². The van der Waals surface area contributed by atoms with Crippen LogP contribution in [0.2, 0.25) is 0 Å². The molecule has 3 rings (SSSR count). The average Bonchev–Trinajstić information content (AvgIpc) is 3.08. The summed E-state index contributed by atoms with van der Waals surface area (Å²) in [5.74, 6) is 1.03. The molecule has 94 valence electrons. The summed E-state index contributed by atoms with van der Waals surface area (Å²) in [6.45, 7) is 0.899. The van der Waals surface area contributed by atoms with Crippen LogP contribution in [0.1, 0.15) is 29.9 Å². The van der Waals surface area contributed by atoms with Gasteiger partial charge in [-0.2, -0.15) is 0 Å². The first-order valence-electron chi connectivity index (χ1n) is 6.30. The number of hydrogen-bond acceptors (Lipinski definition) is 2. The predicted molar refractivity (Wildman–Crippen MR) is 75.4 cm³/mol. The molecule has 0 aliphatic heterocycles. The van der Waals surface area contributed by atoms with E-state index in [1.807, 2.05) is 12.3 Å². The van der Waals surface area contributed by atoms with Crippen LogP contribution in [0.3, 0.4) is 0 Å². The molecule has 1 aromatic heterocycles. The summed E-state index contributed by atoms with van der Waals surface area (Å²) >= 11 is 3.49. The second kappa shape index (κ2) is 5.24. The molecule has 2 N–H and O–H groups in total. The molecule has 0 saturated heterocycles. The molecule has 0 bridgehead atoms. The van der Waals surface area contributed by atoms with Crippen molar-refractivity contribution in [2.45, 2.75) is 31.8 Å². The van der Waals surface area contributed by atoms with Crippen molar-refractivity contribution >= 4 is 15.9 Å². The second-order valence-corrected chi connectivity index (χ2v) is 5.73. The molecule has 1 fully saturated rings. The van der Waals surface area contributed by atoms with E-state index in [4.69, 9.17) is 0 Å². The number of hydrogen-bond donors (Lipinski definition) is 2. The smallest absolute Gasteiger partial charge is 0.110 e. The fourth-order valence-electron chi connectivity index (χ4n) is 1.97. The van der Waals surface area contributed by atoms with Crippen molar-refractivity contribution in [1.82, 2.24) is 15.3 Å². The number of aromatic nitrogens is 2. The summed E-state index contributed by atoms with van der Waals surface area (Å²) in [5.41, 5.74) is 2.44. The predicted octanol–water partition coefficient (Wildman–Crippen LogP) is 3.02. The van der Waals surface area contributed by atoms with Gasteiger partial charge in [-0.05, 0) is 30.5 Å². The highest BCUT2D eigenvalue weighted by Crippen LogP contribution is 2.19. The lowest BCUT2D eigenvalue weighted by atomic mass is 10.1. The first-order chi connectivity index (χ1) is 8.79. The van der Waals surface area contributed by atoms with E-state index in [0.29, 0.717) is 0 Å². The summed E-state index contributed by atoms with van der Waals surface area (Å²) < 4.78 is 1.11. The van der Waals surface area contributed by atoms with Crippen LogP contribution in [0.15, 0.2) is 34.9 Å². The van der Waals surface area contributed by atoms with E-state index in [0.717, 1.165) is 29.3 Å². The van der Waals surface area contributed by atoms with Gasteiger partial charge in [-0.15, -0.1) is 0 Å². The Kier molecular flexibility index (Phi) is 3.48. The Morgan fingerprint density at radius 2 is 2.28 bits per heavy atom. The van der Waals surface area contributed by atoms with Crippen molar-refractivity contribution in [1.29, 1.82) is 0 Å². The SMILES string of the molecule is Brc1cccc(Cc2ncc(CNC3CC3)[nH]2)c1. The minimum Gasteiger partial charge on any atom is -0.345 e. The quantitative estimate of drug-likeness (QED) is 0.891. The Morgan fingerprint density at radius 3 is 3.06 bits per heavy atom. The molecule has 4 heteroatoms. The highest BCUT2D eigenvalue weighted by molar-refractivity contribution is 9.10. The van der Waals surface area contributed by atoms with E-state index in [2.05, 4.69) is 49.4 Å². The molecule has 0 unspecified atom stereocenters. The zero-order valence-electron chi connectivity index (χ0n) is 10.1. The summed E-state index contributed by atoms with van der Waals surface area (Å²) in [6, 6.07) is 9.08. The molecule has 1 aromatic carbocycles. The van der Waals surface area contributed by atoms with Crippen LogP contribution in [-0.4, -0.2) is 16.0 Å². The molecular weight excluding hydrogens is 290 g/mol. The fraction of sp³-hybridized carbons (Fsp3) is 0.357. The molecule has 1 aliphatic carbocycles. The number of H-pyrrole nitrogens is 1. The van der Waals surface area contributed by atoms with Gasteiger partial charge in [-0.1, -0.05) is 28.1 Å². The number of halogens is 1. The third-order valence-corrected chi connectivity index (χ3v) is 3.59. The van der Waals surface area contributed by atoms with E-state index in [-0.39, 0.29) is 0 Å². The standard InChI is InChI=1S/C14H16BrN3/c15-11-3-1-2-10(6-11)7-14-17-9-13(18-14)8-16-12-4-5-12/h1-3,6,9,12,16H,4-5,7-8H2,(H,17,18). The third kappa shape index (κ3) is 3.21. The molecule has 2 aromatic rings. The van der Waals surface area contributed by atoms with Gasteiger partial charge in [0, 0.05) is 35.4 Å². The zero-order chi connectivity index (χ0) is 12.4. The maximum absolute atomic E-state index is 4.43. The Morgan fingerprint density at radius 1 is 1.39 bits per heavy atom. The Hall–Kier alpha value is -1.13. The number of imidazole rings is 1. The highest BCUT2D eigenvalue weighted by Gasteiger charge is 2.20. The molecule has 1 saturated carbocycles. The molecule has 0 amide bonds. The second-order valence-electron chi connectivity index (χ2n) is 4.82. The van der Waals surface area contributed by atoms with Crippen molar-refractivity contribution in [3.8, 4) is 0 Å². The summed E-state index contributed by atoms with van der Waals surface area (Å²) in [5, 5.41) is 3.48. The summed E-state index contributed by atoms with van der Waals surface area (Å²) in [4.78, 5) is 7.80. The van der Waals surface area contributed by atoms with Gasteiger partial charge in [-0.3, -0.25) is 0 Å². The fourth-order valence-corrected chi connectivity index (χ4v) is 2.41. The van der Waals surface area contributed by atoms with Crippen molar-refractivity contribution in [3.05, 3.63) is 52.0 Å². The van der Waals surface area contributed by atoms with Crippen LogP contribution in [0, 0.1) is 0 Å². The van der Waals surface area contributed by atoms with Gasteiger partial charge in [-0.25, -0.2) is 4.98 Å². The number of rotatable bonds is 5. The maximum atomic E-state index is 4.43. The van der Waals surface area contributed by atoms with Gasteiger partial charge >= 0.3 is 0 Å². The van der Waals surface area contributed by atoms with Crippen LogP contribution >= 0.6 is 15.9 Å². The molecule has 18 heavy (non-hydrogen) atoms. The minimum atomic E-state index is 0.738.